The van der Waals surface area contributed by atoms with Crippen molar-refractivity contribution in [3.8, 4) is 0 Å². The van der Waals surface area contributed by atoms with E-state index in [4.69, 9.17) is 0 Å². The normalized spacial score (nSPS) is 8.91. The average molecular weight is 355 g/mol. The molecule has 0 atom stereocenters. The Balaban J connectivity index is 0.000000166. The van der Waals surface area contributed by atoms with E-state index in [0.717, 1.165) is 4.47 Å². The second-order valence-corrected chi connectivity index (χ2v) is 6.02. The van der Waals surface area contributed by atoms with Gasteiger partial charge in [0.05, 0.1) is 0 Å². The van der Waals surface area contributed by atoms with Crippen LogP contribution >= 0.6 is 15.9 Å². The van der Waals surface area contributed by atoms with E-state index in [1.54, 1.807) is 0 Å². The predicted octanol–water partition coefficient (Wildman–Crippen LogP) is 6.75. The Hall–Kier alpha value is -1.86. The summed E-state index contributed by atoms with van der Waals surface area (Å²) in [5, 5.41) is 0. The maximum atomic E-state index is 3.35. The van der Waals surface area contributed by atoms with Crippen molar-refractivity contribution < 1.29 is 0 Å². The largest absolute Gasteiger partial charge is 0.0622 e. The van der Waals surface area contributed by atoms with Gasteiger partial charge in [0.1, 0.15) is 0 Å². The van der Waals surface area contributed by atoms with Gasteiger partial charge in [-0.05, 0) is 32.9 Å². The highest BCUT2D eigenvalue weighted by Crippen LogP contribution is 2.08. The highest BCUT2D eigenvalue weighted by atomic mass is 79.9. The average Bonchev–Trinajstić information content (AvgIpc) is 2.53. The molecule has 0 saturated heterocycles. The van der Waals surface area contributed by atoms with E-state index < -0.39 is 0 Å². The second-order valence-electron chi connectivity index (χ2n) is 5.10. The maximum absolute atomic E-state index is 3.35. The summed E-state index contributed by atoms with van der Waals surface area (Å²) in [6.45, 7) is 6.24. The standard InChI is InChI=1S/C7H7Br.2C7H8/c1-6-2-4-7(8)5-3-6;2*1-7-5-3-2-4-6-7/h2-5H,1H3;2*2-6H,1H3. The number of rotatable bonds is 0. The summed E-state index contributed by atoms with van der Waals surface area (Å²) in [5.41, 5.74) is 3.94. The van der Waals surface area contributed by atoms with Crippen molar-refractivity contribution in [1.82, 2.24) is 0 Å². The van der Waals surface area contributed by atoms with Crippen LogP contribution in [-0.4, -0.2) is 0 Å². The fourth-order valence-corrected chi connectivity index (χ4v) is 1.87. The minimum atomic E-state index is 1.14. The Morgan fingerprint density at radius 1 is 0.455 bits per heavy atom. The van der Waals surface area contributed by atoms with Crippen LogP contribution in [0, 0.1) is 20.8 Å². The summed E-state index contributed by atoms with van der Waals surface area (Å²) < 4.78 is 1.14. The van der Waals surface area contributed by atoms with Crippen LogP contribution in [0.3, 0.4) is 0 Å². The third kappa shape index (κ3) is 9.15. The van der Waals surface area contributed by atoms with Crippen LogP contribution in [0.1, 0.15) is 16.7 Å². The number of hydrogen-bond acceptors (Lipinski definition) is 0. The summed E-state index contributed by atoms with van der Waals surface area (Å²) in [5.74, 6) is 0. The predicted molar refractivity (Wildman–Crippen MR) is 101 cm³/mol. The molecule has 0 aliphatic rings. The maximum Gasteiger partial charge on any atom is 0.0175 e. The molecule has 0 aliphatic heterocycles. The highest BCUT2D eigenvalue weighted by molar-refractivity contribution is 9.10. The van der Waals surface area contributed by atoms with E-state index in [1.807, 2.05) is 48.5 Å². The molecular formula is C21H23Br. The lowest BCUT2D eigenvalue weighted by Crippen LogP contribution is -1.66. The van der Waals surface area contributed by atoms with Gasteiger partial charge in [0.15, 0.2) is 0 Å². The summed E-state index contributed by atoms with van der Waals surface area (Å²) >= 11 is 3.35. The third-order valence-electron chi connectivity index (χ3n) is 2.89. The molecule has 0 heterocycles. The minimum Gasteiger partial charge on any atom is -0.0622 e. The van der Waals surface area contributed by atoms with Crippen molar-refractivity contribution in [2.45, 2.75) is 20.8 Å². The summed E-state index contributed by atoms with van der Waals surface area (Å²) in [6, 6.07) is 28.7. The lowest BCUT2D eigenvalue weighted by atomic mass is 10.2. The molecule has 0 nitrogen and oxygen atoms in total. The SMILES string of the molecule is Cc1ccc(Br)cc1.Cc1ccccc1.Cc1ccccc1. The molecule has 0 N–H and O–H groups in total. The molecule has 0 spiro atoms. The number of aryl methyl sites for hydroxylation is 3. The van der Waals surface area contributed by atoms with Gasteiger partial charge in [-0.1, -0.05) is 105 Å². The zero-order chi connectivity index (χ0) is 16.2. The molecular weight excluding hydrogens is 332 g/mol. The first-order chi connectivity index (χ1) is 10.6. The first-order valence-electron chi connectivity index (χ1n) is 7.33. The van der Waals surface area contributed by atoms with Gasteiger partial charge >= 0.3 is 0 Å². The molecule has 3 rings (SSSR count). The van der Waals surface area contributed by atoms with Crippen molar-refractivity contribution in [1.29, 1.82) is 0 Å². The first kappa shape index (κ1) is 18.2. The van der Waals surface area contributed by atoms with Crippen LogP contribution in [0.5, 0.6) is 0 Å². The fraction of sp³-hybridized carbons (Fsp3) is 0.143. The number of hydrogen-bond donors (Lipinski definition) is 0. The van der Waals surface area contributed by atoms with Gasteiger partial charge in [0.2, 0.25) is 0 Å². The summed E-state index contributed by atoms with van der Waals surface area (Å²) in [4.78, 5) is 0. The molecule has 0 amide bonds. The quantitative estimate of drug-likeness (QED) is 0.418. The molecule has 0 fully saturated rings. The Morgan fingerprint density at radius 2 is 0.773 bits per heavy atom. The van der Waals surface area contributed by atoms with Crippen molar-refractivity contribution in [2.24, 2.45) is 0 Å². The van der Waals surface area contributed by atoms with Gasteiger partial charge in [-0.2, -0.15) is 0 Å². The zero-order valence-electron chi connectivity index (χ0n) is 13.5. The first-order valence-corrected chi connectivity index (χ1v) is 8.12. The molecule has 0 aliphatic carbocycles. The topological polar surface area (TPSA) is 0 Å². The van der Waals surface area contributed by atoms with E-state index >= 15 is 0 Å². The summed E-state index contributed by atoms with van der Waals surface area (Å²) in [6.07, 6.45) is 0. The van der Waals surface area contributed by atoms with Crippen LogP contribution in [0.25, 0.3) is 0 Å². The van der Waals surface area contributed by atoms with Crippen molar-refractivity contribution in [2.75, 3.05) is 0 Å². The molecule has 0 radical (unpaired) electrons. The van der Waals surface area contributed by atoms with Crippen molar-refractivity contribution in [3.05, 3.63) is 106 Å². The van der Waals surface area contributed by atoms with Gasteiger partial charge in [-0.15, -0.1) is 0 Å². The minimum absolute atomic E-state index is 1.14. The van der Waals surface area contributed by atoms with Gasteiger partial charge < -0.3 is 0 Å². The van der Waals surface area contributed by atoms with Gasteiger partial charge in [-0.25, -0.2) is 0 Å². The number of benzene rings is 3. The van der Waals surface area contributed by atoms with Crippen LogP contribution in [-0.2, 0) is 0 Å². The van der Waals surface area contributed by atoms with Crippen LogP contribution in [0.2, 0.25) is 0 Å². The smallest absolute Gasteiger partial charge is 0.0175 e. The fourth-order valence-electron chi connectivity index (χ4n) is 1.60. The van der Waals surface area contributed by atoms with Crippen molar-refractivity contribution >= 4 is 15.9 Å². The van der Waals surface area contributed by atoms with E-state index in [9.17, 15) is 0 Å². The third-order valence-corrected chi connectivity index (χ3v) is 3.42. The van der Waals surface area contributed by atoms with Gasteiger partial charge in [-0.3, -0.25) is 0 Å². The molecule has 0 saturated carbocycles. The lowest BCUT2D eigenvalue weighted by Gasteiger charge is -1.88. The van der Waals surface area contributed by atoms with E-state index in [-0.39, 0.29) is 0 Å². The molecule has 0 unspecified atom stereocenters. The van der Waals surface area contributed by atoms with Gasteiger partial charge in [0.25, 0.3) is 0 Å². The van der Waals surface area contributed by atoms with E-state index in [1.165, 1.54) is 16.7 Å². The zero-order valence-corrected chi connectivity index (χ0v) is 15.0. The van der Waals surface area contributed by atoms with E-state index in [0.29, 0.717) is 0 Å². The van der Waals surface area contributed by atoms with Gasteiger partial charge in [0, 0.05) is 4.47 Å². The summed E-state index contributed by atoms with van der Waals surface area (Å²) in [7, 11) is 0. The van der Waals surface area contributed by atoms with E-state index in [2.05, 4.69) is 73.1 Å². The van der Waals surface area contributed by atoms with Crippen LogP contribution < -0.4 is 0 Å². The highest BCUT2D eigenvalue weighted by Gasteiger charge is 1.81. The Labute approximate surface area is 143 Å². The molecule has 114 valence electrons. The molecule has 1 heteroatoms. The molecule has 3 aromatic rings. The Bertz CT molecular complexity index is 555. The van der Waals surface area contributed by atoms with Crippen LogP contribution in [0.4, 0.5) is 0 Å². The molecule has 0 bridgehead atoms. The molecule has 22 heavy (non-hydrogen) atoms. The number of halogens is 1. The molecule has 3 aromatic carbocycles. The van der Waals surface area contributed by atoms with Crippen LogP contribution in [0.15, 0.2) is 89.4 Å². The monoisotopic (exact) mass is 354 g/mol. The molecule has 0 aromatic heterocycles. The van der Waals surface area contributed by atoms with Crippen molar-refractivity contribution in [3.63, 3.8) is 0 Å². The second kappa shape index (κ2) is 10.8. The lowest BCUT2D eigenvalue weighted by molar-refractivity contribution is 1.46. The Morgan fingerprint density at radius 3 is 1.00 bits per heavy atom. The Kier molecular flexibility index (Phi) is 8.94.